The van der Waals surface area contributed by atoms with Crippen LogP contribution in [0.15, 0.2) is 59.3 Å². The monoisotopic (exact) mass is 378 g/mol. The molecule has 8 heteroatoms. The molecule has 0 saturated heterocycles. The van der Waals surface area contributed by atoms with Gasteiger partial charge in [-0.1, -0.05) is 41.6 Å². The zero-order valence-electron chi connectivity index (χ0n) is 15.1. The highest BCUT2D eigenvalue weighted by molar-refractivity contribution is 6.38. The maximum atomic E-state index is 12.9. The molecule has 0 bridgehead atoms. The van der Waals surface area contributed by atoms with Crippen LogP contribution in [0, 0.1) is 6.92 Å². The van der Waals surface area contributed by atoms with Crippen LogP contribution in [0.2, 0.25) is 0 Å². The number of carbonyl (C=O) groups excluding carboxylic acids is 3. The minimum absolute atomic E-state index is 0.123. The minimum Gasteiger partial charge on any atom is -0.363 e. The molecule has 3 rings (SSSR count). The van der Waals surface area contributed by atoms with Gasteiger partial charge in [0.15, 0.2) is 5.76 Å². The van der Waals surface area contributed by atoms with Gasteiger partial charge in [-0.2, -0.15) is 0 Å². The standard InChI is InChI=1S/C20H18N4O4/c1-12-16(18(28-24-12)14-9-5-6-10-22-14)20(27)23-15(17(25)19(21)26)11-13-7-3-2-4-8-13/h2-10,15H,11H2,1H3,(H2,21,26)(H,23,27). The lowest BCUT2D eigenvalue weighted by Gasteiger charge is -2.16. The average Bonchev–Trinajstić information content (AvgIpc) is 3.10. The van der Waals surface area contributed by atoms with Gasteiger partial charge in [0, 0.05) is 12.6 Å². The Morgan fingerprint density at radius 1 is 1.11 bits per heavy atom. The van der Waals surface area contributed by atoms with Gasteiger partial charge in [-0.15, -0.1) is 0 Å². The lowest BCUT2D eigenvalue weighted by Crippen LogP contribution is -2.47. The summed E-state index contributed by atoms with van der Waals surface area (Å²) >= 11 is 0. The summed E-state index contributed by atoms with van der Waals surface area (Å²) in [7, 11) is 0. The molecule has 2 amide bonds. The number of benzene rings is 1. The summed E-state index contributed by atoms with van der Waals surface area (Å²) in [5, 5.41) is 6.42. The molecule has 2 aromatic heterocycles. The number of ketones is 1. The van der Waals surface area contributed by atoms with Crippen LogP contribution in [0.4, 0.5) is 0 Å². The summed E-state index contributed by atoms with van der Waals surface area (Å²) in [6.45, 7) is 1.60. The van der Waals surface area contributed by atoms with Gasteiger partial charge in [-0.05, 0) is 24.6 Å². The highest BCUT2D eigenvalue weighted by atomic mass is 16.5. The Hall–Kier alpha value is -3.81. The van der Waals surface area contributed by atoms with E-state index in [4.69, 9.17) is 10.3 Å². The Labute approximate surface area is 160 Å². The lowest BCUT2D eigenvalue weighted by molar-refractivity contribution is -0.137. The second-order valence-corrected chi connectivity index (χ2v) is 6.13. The maximum absolute atomic E-state index is 12.9. The van der Waals surface area contributed by atoms with Crippen LogP contribution in [0.1, 0.15) is 21.6 Å². The van der Waals surface area contributed by atoms with Crippen LogP contribution in [-0.4, -0.2) is 33.8 Å². The Bertz CT molecular complexity index is 1000. The maximum Gasteiger partial charge on any atom is 0.287 e. The van der Waals surface area contributed by atoms with Gasteiger partial charge in [-0.3, -0.25) is 19.4 Å². The van der Waals surface area contributed by atoms with E-state index in [2.05, 4.69) is 15.5 Å². The first-order valence-electron chi connectivity index (χ1n) is 8.53. The van der Waals surface area contributed by atoms with E-state index in [1.54, 1.807) is 55.6 Å². The molecule has 0 aliphatic carbocycles. The first-order valence-corrected chi connectivity index (χ1v) is 8.53. The van der Waals surface area contributed by atoms with Crippen molar-refractivity contribution in [2.45, 2.75) is 19.4 Å². The zero-order valence-corrected chi connectivity index (χ0v) is 15.1. The van der Waals surface area contributed by atoms with Crippen LogP contribution in [0.25, 0.3) is 11.5 Å². The van der Waals surface area contributed by atoms with Crippen LogP contribution in [0.5, 0.6) is 0 Å². The van der Waals surface area contributed by atoms with Crippen molar-refractivity contribution in [3.63, 3.8) is 0 Å². The van der Waals surface area contributed by atoms with Crippen molar-refractivity contribution in [3.05, 3.63) is 71.5 Å². The van der Waals surface area contributed by atoms with Crippen molar-refractivity contribution >= 4 is 17.6 Å². The number of hydrogen-bond donors (Lipinski definition) is 2. The molecule has 0 spiro atoms. The van der Waals surface area contributed by atoms with Crippen molar-refractivity contribution in [1.82, 2.24) is 15.5 Å². The average molecular weight is 378 g/mol. The molecular weight excluding hydrogens is 360 g/mol. The zero-order chi connectivity index (χ0) is 20.1. The summed E-state index contributed by atoms with van der Waals surface area (Å²) < 4.78 is 5.26. The van der Waals surface area contributed by atoms with E-state index in [1.807, 2.05) is 6.07 Å². The van der Waals surface area contributed by atoms with Gasteiger partial charge in [0.05, 0.1) is 5.69 Å². The lowest BCUT2D eigenvalue weighted by atomic mass is 10.0. The summed E-state index contributed by atoms with van der Waals surface area (Å²) in [6.07, 6.45) is 1.68. The number of hydrogen-bond acceptors (Lipinski definition) is 6. The van der Waals surface area contributed by atoms with E-state index in [9.17, 15) is 14.4 Å². The first kappa shape index (κ1) is 19.0. The fourth-order valence-electron chi connectivity index (χ4n) is 2.77. The number of nitrogens with two attached hydrogens (primary N) is 1. The number of aryl methyl sites for hydroxylation is 1. The SMILES string of the molecule is Cc1noc(-c2ccccn2)c1C(=O)NC(Cc1ccccc1)C(=O)C(N)=O. The molecular formula is C20H18N4O4. The van der Waals surface area contributed by atoms with Gasteiger partial charge in [0.2, 0.25) is 5.78 Å². The second kappa shape index (κ2) is 8.26. The topological polar surface area (TPSA) is 128 Å². The van der Waals surface area contributed by atoms with Gasteiger partial charge in [0.1, 0.15) is 17.3 Å². The number of carbonyl (C=O) groups is 3. The van der Waals surface area contributed by atoms with Crippen LogP contribution in [-0.2, 0) is 16.0 Å². The van der Waals surface area contributed by atoms with Crippen molar-refractivity contribution in [3.8, 4) is 11.5 Å². The van der Waals surface area contributed by atoms with Crippen molar-refractivity contribution < 1.29 is 18.9 Å². The predicted molar refractivity (Wildman–Crippen MR) is 100 cm³/mol. The Kier molecular flexibility index (Phi) is 5.59. The molecule has 142 valence electrons. The molecule has 8 nitrogen and oxygen atoms in total. The van der Waals surface area contributed by atoms with Gasteiger partial charge < -0.3 is 15.6 Å². The molecule has 0 aliphatic heterocycles. The number of rotatable bonds is 7. The fourth-order valence-corrected chi connectivity index (χ4v) is 2.77. The van der Waals surface area contributed by atoms with Crippen molar-refractivity contribution in [2.75, 3.05) is 0 Å². The van der Waals surface area contributed by atoms with Crippen molar-refractivity contribution in [2.24, 2.45) is 5.73 Å². The molecule has 28 heavy (non-hydrogen) atoms. The summed E-state index contributed by atoms with van der Waals surface area (Å²) in [5.41, 5.74) is 6.84. The first-order chi connectivity index (χ1) is 13.5. The number of nitrogens with one attached hydrogen (secondary N) is 1. The summed E-state index contributed by atoms with van der Waals surface area (Å²) in [6, 6.07) is 13.0. The van der Waals surface area contributed by atoms with Crippen LogP contribution >= 0.6 is 0 Å². The molecule has 3 aromatic rings. The smallest absolute Gasteiger partial charge is 0.287 e. The van der Waals surface area contributed by atoms with Gasteiger partial charge >= 0.3 is 0 Å². The molecule has 0 radical (unpaired) electrons. The normalized spacial score (nSPS) is 11.6. The molecule has 1 atom stereocenters. The molecule has 3 N–H and O–H groups in total. The highest BCUT2D eigenvalue weighted by Crippen LogP contribution is 2.24. The fraction of sp³-hybridized carbons (Fsp3) is 0.150. The predicted octanol–water partition coefficient (Wildman–Crippen LogP) is 1.44. The van der Waals surface area contributed by atoms with Crippen molar-refractivity contribution in [1.29, 1.82) is 0 Å². The van der Waals surface area contributed by atoms with Crippen LogP contribution in [0.3, 0.4) is 0 Å². The molecule has 1 aromatic carbocycles. The number of aromatic nitrogens is 2. The van der Waals surface area contributed by atoms with Crippen LogP contribution < -0.4 is 11.1 Å². The summed E-state index contributed by atoms with van der Waals surface area (Å²) in [5.74, 6) is -2.42. The van der Waals surface area contributed by atoms with E-state index < -0.39 is 23.6 Å². The second-order valence-electron chi connectivity index (χ2n) is 6.13. The number of nitrogens with zero attached hydrogens (tertiary/aromatic N) is 2. The third kappa shape index (κ3) is 4.12. The molecule has 0 aliphatic rings. The third-order valence-electron chi connectivity index (χ3n) is 4.13. The number of pyridine rings is 1. The molecule has 1 unspecified atom stereocenters. The van der Waals surface area contributed by atoms with Gasteiger partial charge in [-0.25, -0.2) is 0 Å². The third-order valence-corrected chi connectivity index (χ3v) is 4.13. The summed E-state index contributed by atoms with van der Waals surface area (Å²) in [4.78, 5) is 40.8. The highest BCUT2D eigenvalue weighted by Gasteiger charge is 2.29. The Balaban J connectivity index is 1.89. The number of Topliss-reactive ketones (excluding diaryl/α,β-unsaturated/α-hetero) is 1. The van der Waals surface area contributed by atoms with E-state index in [-0.39, 0.29) is 17.7 Å². The Morgan fingerprint density at radius 2 is 1.82 bits per heavy atom. The minimum atomic E-state index is -1.12. The number of amides is 2. The Morgan fingerprint density at radius 3 is 2.46 bits per heavy atom. The quantitative estimate of drug-likeness (QED) is 0.599. The molecule has 2 heterocycles. The van der Waals surface area contributed by atoms with E-state index in [0.717, 1.165) is 5.56 Å². The van der Waals surface area contributed by atoms with Gasteiger partial charge in [0.25, 0.3) is 11.8 Å². The van der Waals surface area contributed by atoms with E-state index in [1.165, 1.54) is 0 Å². The largest absolute Gasteiger partial charge is 0.363 e. The number of primary amides is 1. The van der Waals surface area contributed by atoms with E-state index >= 15 is 0 Å². The molecule has 0 fully saturated rings. The molecule has 0 saturated carbocycles. The van der Waals surface area contributed by atoms with E-state index in [0.29, 0.717) is 11.4 Å².